The Morgan fingerprint density at radius 2 is 1.68 bits per heavy atom. The summed E-state index contributed by atoms with van der Waals surface area (Å²) in [6.07, 6.45) is 16.7. The Hall–Kier alpha value is -3.81. The molecule has 3 nitrogen and oxygen atoms in total. The lowest BCUT2D eigenvalue weighted by Gasteiger charge is -2.24. The lowest BCUT2D eigenvalue weighted by atomic mass is 9.81. The van der Waals surface area contributed by atoms with E-state index in [1.165, 1.54) is 50.5 Å². The number of ether oxygens (including phenoxy) is 1. The molecule has 0 aromatic heterocycles. The third kappa shape index (κ3) is 6.92. The van der Waals surface area contributed by atoms with Crippen molar-refractivity contribution in [3.63, 3.8) is 0 Å². The number of rotatable bonds is 8. The Morgan fingerprint density at radius 1 is 0.927 bits per heavy atom. The summed E-state index contributed by atoms with van der Waals surface area (Å²) in [4.78, 5) is 0. The van der Waals surface area contributed by atoms with Crippen molar-refractivity contribution in [1.29, 1.82) is 5.41 Å². The third-order valence-corrected chi connectivity index (χ3v) is 8.87. The molecule has 41 heavy (non-hydrogen) atoms. The molecule has 5 rings (SSSR count). The average Bonchev–Trinajstić information content (AvgIpc) is 2.96. The van der Waals surface area contributed by atoms with Crippen LogP contribution in [0.5, 0.6) is 11.5 Å². The van der Waals surface area contributed by atoms with E-state index in [4.69, 9.17) is 10.1 Å². The number of aromatic hydroxyl groups is 1. The smallest absolute Gasteiger partial charge is 0.122 e. The highest BCUT2D eigenvalue weighted by atomic mass is 16.5. The van der Waals surface area contributed by atoms with Crippen LogP contribution in [-0.2, 0) is 6.42 Å². The second-order valence-corrected chi connectivity index (χ2v) is 11.5. The van der Waals surface area contributed by atoms with Crippen LogP contribution < -0.4 is 15.2 Å². The highest BCUT2D eigenvalue weighted by Crippen LogP contribution is 2.34. The topological polar surface area (TPSA) is 53.3 Å². The molecule has 0 bridgehead atoms. The van der Waals surface area contributed by atoms with Crippen LogP contribution in [0.2, 0.25) is 0 Å². The zero-order chi connectivity index (χ0) is 28.6. The van der Waals surface area contributed by atoms with Crippen molar-refractivity contribution in [1.82, 2.24) is 0 Å². The Bertz CT molecular complexity index is 1550. The quantitative estimate of drug-likeness (QED) is 0.282. The molecular weight excluding hydrogens is 502 g/mol. The molecular formula is C38H43NO2. The van der Waals surface area contributed by atoms with Crippen LogP contribution in [0.15, 0.2) is 78.4 Å². The first-order valence-corrected chi connectivity index (χ1v) is 15.4. The number of fused-ring (bicyclic) bond motifs is 1. The van der Waals surface area contributed by atoms with Crippen LogP contribution in [0.25, 0.3) is 11.8 Å². The van der Waals surface area contributed by atoms with E-state index in [1.54, 1.807) is 6.07 Å². The monoisotopic (exact) mass is 545 g/mol. The molecule has 3 aromatic carbocycles. The van der Waals surface area contributed by atoms with E-state index in [0.29, 0.717) is 31.1 Å². The van der Waals surface area contributed by atoms with Crippen LogP contribution in [0.1, 0.15) is 93.4 Å². The number of nitrogens with one attached hydrogen (secondary N) is 1. The molecule has 1 saturated carbocycles. The second-order valence-electron chi connectivity index (χ2n) is 11.5. The fraction of sp³-hybridized carbons (Fsp3) is 0.368. The summed E-state index contributed by atoms with van der Waals surface area (Å²) < 4.78 is 5.85. The summed E-state index contributed by atoms with van der Waals surface area (Å²) in [5, 5.41) is 21.8. The fourth-order valence-corrected chi connectivity index (χ4v) is 6.43. The first-order chi connectivity index (χ1) is 20.1. The van der Waals surface area contributed by atoms with E-state index in [-0.39, 0.29) is 5.75 Å². The van der Waals surface area contributed by atoms with Gasteiger partial charge in [-0.05, 0) is 72.6 Å². The van der Waals surface area contributed by atoms with Gasteiger partial charge in [0.25, 0.3) is 0 Å². The van der Waals surface area contributed by atoms with Crippen LogP contribution in [0, 0.1) is 11.3 Å². The van der Waals surface area contributed by atoms with Gasteiger partial charge in [0.2, 0.25) is 0 Å². The minimum Gasteiger partial charge on any atom is -0.508 e. The van der Waals surface area contributed by atoms with E-state index in [1.807, 2.05) is 43.3 Å². The molecule has 0 spiro atoms. The minimum absolute atomic E-state index is 0.251. The van der Waals surface area contributed by atoms with E-state index in [0.717, 1.165) is 44.4 Å². The molecule has 2 N–H and O–H groups in total. The summed E-state index contributed by atoms with van der Waals surface area (Å²) in [5.41, 5.74) is 9.02. The first-order valence-electron chi connectivity index (χ1n) is 15.4. The van der Waals surface area contributed by atoms with Gasteiger partial charge in [-0.3, -0.25) is 5.41 Å². The summed E-state index contributed by atoms with van der Waals surface area (Å²) in [5.74, 6) is 2.63. The molecule has 3 heteroatoms. The van der Waals surface area contributed by atoms with Crippen LogP contribution in [0.4, 0.5) is 0 Å². The number of allylic oxidation sites excluding steroid dienone is 3. The van der Waals surface area contributed by atoms with Gasteiger partial charge in [0.05, 0.1) is 12.3 Å². The Kier molecular flexibility index (Phi) is 9.59. The minimum atomic E-state index is 0.251. The molecule has 2 aliphatic carbocycles. The SMILES string of the molecule is CCOc1ccccc1Cc1c(O)cc/c2c1=C=C/C(C(=N)c1ccc(C3CCCC(CC)CCC3)cc1)=C\C\C=2. The van der Waals surface area contributed by atoms with Crippen molar-refractivity contribution < 1.29 is 9.84 Å². The maximum absolute atomic E-state index is 10.9. The summed E-state index contributed by atoms with van der Waals surface area (Å²) in [6.45, 7) is 4.90. The van der Waals surface area contributed by atoms with Crippen molar-refractivity contribution >= 4 is 17.5 Å². The van der Waals surface area contributed by atoms with E-state index in [9.17, 15) is 5.11 Å². The van der Waals surface area contributed by atoms with Gasteiger partial charge >= 0.3 is 0 Å². The molecule has 0 radical (unpaired) electrons. The lowest BCUT2D eigenvalue weighted by Crippen LogP contribution is -2.28. The van der Waals surface area contributed by atoms with E-state index >= 15 is 0 Å². The molecule has 0 aliphatic heterocycles. The summed E-state index contributed by atoms with van der Waals surface area (Å²) in [6, 6.07) is 20.4. The number of phenolic OH excluding ortho intramolecular Hbond substituents is 1. The Labute approximate surface area is 245 Å². The molecule has 0 atom stereocenters. The normalized spacial score (nSPS) is 20.9. The standard InChI is InChI=1S/C38H43NO2/c1-3-27-10-7-13-28(14-8-11-27)29-18-20-32(21-19-29)38(39)31-16-9-15-30-23-25-36(40)35(34(30)24-22-31)26-33-12-5-6-17-37(33)41-4-2/h5-6,12,15-23,25,27-28,39-40H,3-4,7-11,13-14,26H2,1-2H3/b30-15-,31-16+,39-38?. The van der Waals surface area contributed by atoms with Crippen LogP contribution >= 0.6 is 0 Å². The number of para-hydroxylation sites is 1. The molecule has 212 valence electrons. The molecule has 2 aliphatic rings. The van der Waals surface area contributed by atoms with Gasteiger partial charge in [-0.1, -0.05) is 99.7 Å². The van der Waals surface area contributed by atoms with Gasteiger partial charge in [-0.15, -0.1) is 5.73 Å². The van der Waals surface area contributed by atoms with Gasteiger partial charge in [0.1, 0.15) is 11.5 Å². The number of hydrogen-bond donors (Lipinski definition) is 2. The summed E-state index contributed by atoms with van der Waals surface area (Å²) >= 11 is 0. The maximum atomic E-state index is 10.9. The number of benzene rings is 3. The average molecular weight is 546 g/mol. The fourth-order valence-electron chi connectivity index (χ4n) is 6.43. The van der Waals surface area contributed by atoms with Crippen LogP contribution in [0.3, 0.4) is 0 Å². The van der Waals surface area contributed by atoms with E-state index < -0.39 is 0 Å². The predicted octanol–water partition coefficient (Wildman–Crippen LogP) is 7.96. The van der Waals surface area contributed by atoms with Crippen molar-refractivity contribution in [2.75, 3.05) is 6.61 Å². The first kappa shape index (κ1) is 28.7. The van der Waals surface area contributed by atoms with Gasteiger partial charge in [0.15, 0.2) is 0 Å². The Balaban J connectivity index is 1.40. The Morgan fingerprint density at radius 3 is 2.41 bits per heavy atom. The number of phenols is 1. The van der Waals surface area contributed by atoms with Crippen molar-refractivity contribution in [2.45, 2.75) is 77.6 Å². The predicted molar refractivity (Wildman–Crippen MR) is 170 cm³/mol. The van der Waals surface area contributed by atoms with Crippen molar-refractivity contribution in [2.24, 2.45) is 5.92 Å². The zero-order valence-corrected chi connectivity index (χ0v) is 24.6. The van der Waals surface area contributed by atoms with Gasteiger partial charge < -0.3 is 9.84 Å². The van der Waals surface area contributed by atoms with Crippen LogP contribution in [-0.4, -0.2) is 17.4 Å². The largest absolute Gasteiger partial charge is 0.508 e. The maximum Gasteiger partial charge on any atom is 0.122 e. The van der Waals surface area contributed by atoms with Crippen molar-refractivity contribution in [3.8, 4) is 11.5 Å². The molecule has 1 fully saturated rings. The van der Waals surface area contributed by atoms with Crippen molar-refractivity contribution in [3.05, 3.63) is 111 Å². The molecule has 0 heterocycles. The highest BCUT2D eigenvalue weighted by molar-refractivity contribution is 6.12. The molecule has 0 saturated heterocycles. The highest BCUT2D eigenvalue weighted by Gasteiger charge is 2.18. The van der Waals surface area contributed by atoms with Gasteiger partial charge in [-0.2, -0.15) is 0 Å². The number of hydrogen-bond acceptors (Lipinski definition) is 3. The van der Waals surface area contributed by atoms with Gasteiger partial charge in [-0.25, -0.2) is 0 Å². The molecule has 0 amide bonds. The summed E-state index contributed by atoms with van der Waals surface area (Å²) in [7, 11) is 0. The zero-order valence-electron chi connectivity index (χ0n) is 24.6. The van der Waals surface area contributed by atoms with E-state index in [2.05, 4.69) is 49.1 Å². The molecule has 3 aromatic rings. The molecule has 0 unspecified atom stereocenters. The second kappa shape index (κ2) is 13.7. The lowest BCUT2D eigenvalue weighted by molar-refractivity contribution is 0.337. The van der Waals surface area contributed by atoms with Gasteiger partial charge in [0, 0.05) is 28.3 Å². The third-order valence-electron chi connectivity index (χ3n) is 8.87.